The molecule has 0 saturated carbocycles. The van der Waals surface area contributed by atoms with E-state index in [9.17, 15) is 29.1 Å². The largest absolute Gasteiger partial charge is 0.508 e. The quantitative estimate of drug-likeness (QED) is 0.131. The zero-order valence-corrected chi connectivity index (χ0v) is 41.2. The summed E-state index contributed by atoms with van der Waals surface area (Å²) in [5.41, 5.74) is 10.7. The number of carbonyl (C=O) groups excluding carboxylic acids is 5. The molecule has 6 bridgehead atoms. The van der Waals surface area contributed by atoms with Crippen LogP contribution in [-0.2, 0) is 52.8 Å². The molecule has 2 aromatic heterocycles. The van der Waals surface area contributed by atoms with Crippen LogP contribution in [0.1, 0.15) is 96.2 Å². The van der Waals surface area contributed by atoms with Gasteiger partial charge < -0.3 is 34.3 Å². The number of ether oxygens (including phenoxy) is 2. The van der Waals surface area contributed by atoms with E-state index in [0.717, 1.165) is 44.5 Å². The Balaban J connectivity index is 1.31. The fourth-order valence-electron chi connectivity index (χ4n) is 10.2. The molecule has 0 radical (unpaired) electrons. The summed E-state index contributed by atoms with van der Waals surface area (Å²) in [6.07, 6.45) is 3.42. The molecule has 0 aliphatic carbocycles. The molecule has 3 aliphatic rings. The van der Waals surface area contributed by atoms with Gasteiger partial charge in [-0.25, -0.2) is 5.43 Å². The summed E-state index contributed by atoms with van der Waals surface area (Å²) in [6, 6.07) is 10.5. The SMILES string of the molecule is CC#CC(=O)N1CC[C@H](C(=O)N(C)[C@@H](C(=O)N[C@H]2Cc3cc(O)cc(c3)-c3ccc4c(c3)c(c(-c3c(C)ccnc3[C@H](C)OC)n4CC)CC(C)(C)COC(=O)[C@@H]3CCCN(N3)C2=O)C(C)C)C1. The van der Waals surface area contributed by atoms with Crippen molar-refractivity contribution in [3.8, 4) is 40.0 Å². The molecule has 5 atom stereocenters. The number of benzene rings is 2. The van der Waals surface area contributed by atoms with E-state index >= 15 is 0 Å². The maximum atomic E-state index is 14.8. The average molecular weight is 930 g/mol. The standard InChI is InChI=1S/C53H67N7O8/c1-11-14-44(62)58-22-19-36(29-58)50(64)57(9)47(31(3)4)49(63)55-42-25-34-23-37(26-38(61)24-34)35-16-17-43-39(27-35)40(48(59(43)12-2)45-32(5)18-20-54-46(45)33(6)67-10)28-53(7,8)30-68-52(66)41-15-13-21-60(56-41)51(42)65/h16-18,20,23-24,26-27,31,33,36,41-42,47,56,61H,12-13,15,19,21-22,25,28-30H2,1-10H3,(H,55,63)/t33-,36-,41-,42-,47+/m0/s1. The summed E-state index contributed by atoms with van der Waals surface area (Å²) in [4.78, 5) is 77.6. The number of rotatable bonds is 9. The van der Waals surface area contributed by atoms with Crippen LogP contribution in [0, 0.1) is 36.0 Å². The third-order valence-electron chi connectivity index (χ3n) is 13.7. The first-order valence-corrected chi connectivity index (χ1v) is 23.9. The third kappa shape index (κ3) is 10.3. The summed E-state index contributed by atoms with van der Waals surface area (Å²) in [5.74, 6) is 2.16. The van der Waals surface area contributed by atoms with Gasteiger partial charge in [-0.05, 0) is 123 Å². The molecule has 362 valence electrons. The van der Waals surface area contributed by atoms with Gasteiger partial charge in [0.15, 0.2) is 0 Å². The first-order valence-electron chi connectivity index (χ1n) is 23.9. The summed E-state index contributed by atoms with van der Waals surface area (Å²) in [6.45, 7) is 17.2. The molecule has 2 saturated heterocycles. The van der Waals surface area contributed by atoms with Crippen LogP contribution in [0.3, 0.4) is 0 Å². The number of phenolic OH excluding ortho intramolecular Hbond substituents is 1. The highest BCUT2D eigenvalue weighted by atomic mass is 16.5. The molecule has 2 aromatic carbocycles. The number of nitrogens with zero attached hydrogens (tertiary/aromatic N) is 5. The maximum absolute atomic E-state index is 14.8. The summed E-state index contributed by atoms with van der Waals surface area (Å²) in [7, 11) is 3.26. The Morgan fingerprint density at radius 1 is 1.07 bits per heavy atom. The number of fused-ring (bicyclic) bond motifs is 6. The summed E-state index contributed by atoms with van der Waals surface area (Å²) < 4.78 is 14.3. The Labute approximate surface area is 399 Å². The molecule has 3 aliphatic heterocycles. The van der Waals surface area contributed by atoms with Crippen molar-refractivity contribution in [3.63, 3.8) is 0 Å². The second-order valence-corrected chi connectivity index (χ2v) is 19.7. The first-order chi connectivity index (χ1) is 32.4. The Morgan fingerprint density at radius 2 is 1.84 bits per heavy atom. The minimum absolute atomic E-state index is 0.0137. The minimum Gasteiger partial charge on any atom is -0.508 e. The van der Waals surface area contributed by atoms with E-state index < -0.39 is 47.2 Å². The lowest BCUT2D eigenvalue weighted by Gasteiger charge is -2.37. The number of esters is 1. The first kappa shape index (κ1) is 49.7. The number of phenols is 1. The normalized spacial score (nSPS) is 20.5. The molecule has 4 amide bonds. The van der Waals surface area contributed by atoms with Gasteiger partial charge >= 0.3 is 5.97 Å². The number of amides is 4. The van der Waals surface area contributed by atoms with Crippen LogP contribution in [0.15, 0.2) is 48.7 Å². The van der Waals surface area contributed by atoms with Crippen molar-refractivity contribution in [2.24, 2.45) is 17.3 Å². The van der Waals surface area contributed by atoms with Gasteiger partial charge in [0.05, 0.1) is 30.0 Å². The molecule has 3 N–H and O–H groups in total. The summed E-state index contributed by atoms with van der Waals surface area (Å²) in [5, 5.41) is 16.8. The number of hydrogen-bond acceptors (Lipinski definition) is 10. The fourth-order valence-corrected chi connectivity index (χ4v) is 10.2. The lowest BCUT2D eigenvalue weighted by Crippen LogP contribution is -2.62. The molecule has 0 unspecified atom stereocenters. The van der Waals surface area contributed by atoms with Crippen molar-refractivity contribution in [1.82, 2.24) is 35.1 Å². The molecule has 5 heterocycles. The number of methoxy groups -OCH3 is 1. The van der Waals surface area contributed by atoms with E-state index in [2.05, 4.69) is 67.0 Å². The van der Waals surface area contributed by atoms with E-state index in [0.29, 0.717) is 49.9 Å². The van der Waals surface area contributed by atoms with Crippen molar-refractivity contribution >= 4 is 40.5 Å². The van der Waals surface area contributed by atoms with Crippen molar-refractivity contribution in [2.75, 3.05) is 40.4 Å². The van der Waals surface area contributed by atoms with Gasteiger partial charge in [0.1, 0.15) is 23.9 Å². The molecule has 2 fully saturated rings. The van der Waals surface area contributed by atoms with Gasteiger partial charge in [-0.3, -0.25) is 34.0 Å². The van der Waals surface area contributed by atoms with Crippen LogP contribution in [-0.4, -0.2) is 118 Å². The van der Waals surface area contributed by atoms with Gasteiger partial charge in [0, 0.05) is 74.8 Å². The van der Waals surface area contributed by atoms with E-state index in [1.807, 2.05) is 45.2 Å². The number of aryl methyl sites for hydroxylation is 2. The number of hydrazine groups is 1. The van der Waals surface area contributed by atoms with Crippen LogP contribution in [0.25, 0.3) is 33.3 Å². The highest BCUT2D eigenvalue weighted by Crippen LogP contribution is 2.43. The monoisotopic (exact) mass is 930 g/mol. The van der Waals surface area contributed by atoms with Crippen molar-refractivity contribution < 1.29 is 38.6 Å². The molecule has 4 aromatic rings. The highest BCUT2D eigenvalue weighted by Gasteiger charge is 2.40. The Kier molecular flexibility index (Phi) is 15.0. The average Bonchev–Trinajstić information content (AvgIpc) is 3.92. The number of nitrogens with one attached hydrogen (secondary N) is 2. The van der Waals surface area contributed by atoms with E-state index in [1.54, 1.807) is 38.1 Å². The Bertz CT molecular complexity index is 2660. The van der Waals surface area contributed by atoms with Crippen molar-refractivity contribution in [1.29, 1.82) is 0 Å². The number of aromatic nitrogens is 2. The van der Waals surface area contributed by atoms with E-state index in [-0.39, 0.29) is 55.7 Å². The third-order valence-corrected chi connectivity index (χ3v) is 13.7. The number of carbonyl (C=O) groups is 5. The molecular weight excluding hydrogens is 863 g/mol. The van der Waals surface area contributed by atoms with Gasteiger partial charge in [-0.15, -0.1) is 0 Å². The van der Waals surface area contributed by atoms with Gasteiger partial charge in [0.25, 0.3) is 11.8 Å². The summed E-state index contributed by atoms with van der Waals surface area (Å²) >= 11 is 0. The second-order valence-electron chi connectivity index (χ2n) is 19.7. The molecule has 0 spiro atoms. The van der Waals surface area contributed by atoms with Crippen LogP contribution < -0.4 is 10.7 Å². The van der Waals surface area contributed by atoms with Crippen molar-refractivity contribution in [2.45, 2.75) is 118 Å². The molecular formula is C53H67N7O8. The smallest absolute Gasteiger partial charge is 0.324 e. The Hall–Kier alpha value is -6.24. The van der Waals surface area contributed by atoms with Crippen LogP contribution >= 0.6 is 0 Å². The fraction of sp³-hybridized carbons (Fsp3) is 0.509. The minimum atomic E-state index is -1.17. The zero-order chi connectivity index (χ0) is 49.2. The molecule has 15 heteroatoms. The lowest BCUT2D eigenvalue weighted by molar-refractivity contribution is -0.155. The van der Waals surface area contributed by atoms with Crippen LogP contribution in [0.2, 0.25) is 0 Å². The molecule has 15 nitrogen and oxygen atoms in total. The molecule has 68 heavy (non-hydrogen) atoms. The number of likely N-dealkylation sites (tertiary alicyclic amines) is 1. The van der Waals surface area contributed by atoms with Gasteiger partial charge in [-0.2, -0.15) is 0 Å². The van der Waals surface area contributed by atoms with Gasteiger partial charge in [0.2, 0.25) is 11.8 Å². The number of pyridine rings is 1. The predicted molar refractivity (Wildman–Crippen MR) is 260 cm³/mol. The number of cyclic esters (lactones) is 1. The van der Waals surface area contributed by atoms with Crippen molar-refractivity contribution in [3.05, 3.63) is 71.0 Å². The highest BCUT2D eigenvalue weighted by molar-refractivity contribution is 5.97. The lowest BCUT2D eigenvalue weighted by atomic mass is 9.83. The topological polar surface area (TPSA) is 176 Å². The predicted octanol–water partition coefficient (Wildman–Crippen LogP) is 6.11. The second kappa shape index (κ2) is 20.5. The van der Waals surface area contributed by atoms with Crippen LogP contribution in [0.5, 0.6) is 5.75 Å². The van der Waals surface area contributed by atoms with E-state index in [1.165, 1.54) is 9.91 Å². The number of aromatic hydroxyl groups is 1. The molecule has 7 rings (SSSR count). The van der Waals surface area contributed by atoms with Gasteiger partial charge in [-0.1, -0.05) is 45.7 Å². The number of likely N-dealkylation sites (N-methyl/N-ethyl adjacent to an activating group) is 1. The maximum Gasteiger partial charge on any atom is 0.324 e. The van der Waals surface area contributed by atoms with Crippen LogP contribution in [0.4, 0.5) is 0 Å². The zero-order valence-electron chi connectivity index (χ0n) is 41.2. The Morgan fingerprint density at radius 3 is 2.54 bits per heavy atom. The van der Waals surface area contributed by atoms with E-state index in [4.69, 9.17) is 14.5 Å². The number of hydrogen-bond donors (Lipinski definition) is 3.